The number of aromatic amines is 1. The minimum absolute atomic E-state index is 0.0849. The van der Waals surface area contributed by atoms with Gasteiger partial charge in [-0.2, -0.15) is 10.2 Å². The molecule has 3 aromatic rings. The van der Waals surface area contributed by atoms with Crippen LogP contribution in [0, 0.1) is 12.8 Å². The van der Waals surface area contributed by atoms with Crippen molar-refractivity contribution in [3.63, 3.8) is 0 Å². The summed E-state index contributed by atoms with van der Waals surface area (Å²) in [5.74, 6) is 2.09. The first-order valence-electron chi connectivity index (χ1n) is 8.67. The molecular formula is C18H23N5O2. The SMILES string of the molecule is Cc1ccc(-c2[nH]ncc2CN[C@@H]2CC(Cn3cccn3)C[C@H]2O)o1. The van der Waals surface area contributed by atoms with Gasteiger partial charge in [-0.15, -0.1) is 0 Å². The number of aliphatic hydroxyl groups excluding tert-OH is 1. The first-order valence-corrected chi connectivity index (χ1v) is 8.67. The molecule has 4 rings (SSSR count). The van der Waals surface area contributed by atoms with E-state index in [4.69, 9.17) is 4.42 Å². The lowest BCUT2D eigenvalue weighted by atomic mass is 10.1. The molecule has 3 aromatic heterocycles. The van der Waals surface area contributed by atoms with Crippen molar-refractivity contribution in [2.45, 2.75) is 45.0 Å². The topological polar surface area (TPSA) is 91.9 Å². The van der Waals surface area contributed by atoms with Crippen molar-refractivity contribution in [1.82, 2.24) is 25.3 Å². The van der Waals surface area contributed by atoms with Crippen LogP contribution in [0.4, 0.5) is 0 Å². The van der Waals surface area contributed by atoms with Gasteiger partial charge in [0.1, 0.15) is 11.5 Å². The van der Waals surface area contributed by atoms with Gasteiger partial charge < -0.3 is 14.8 Å². The van der Waals surface area contributed by atoms with Crippen LogP contribution < -0.4 is 5.32 Å². The molecule has 3 heterocycles. The number of hydrogen-bond donors (Lipinski definition) is 3. The number of aliphatic hydroxyl groups is 1. The van der Waals surface area contributed by atoms with Gasteiger partial charge in [0.05, 0.1) is 12.3 Å². The standard InChI is InChI=1S/C18H23N5O2/c1-12-3-4-17(25-12)18-14(10-20-22-18)9-19-15-7-13(8-16(15)24)11-23-6-2-5-21-23/h2-6,10,13,15-16,19,24H,7-9,11H2,1H3,(H,20,22)/t13?,15-,16-/m1/s1. The number of rotatable bonds is 6. The van der Waals surface area contributed by atoms with Gasteiger partial charge in [0, 0.05) is 37.1 Å². The van der Waals surface area contributed by atoms with Gasteiger partial charge in [-0.05, 0) is 43.9 Å². The Balaban J connectivity index is 1.36. The quantitative estimate of drug-likeness (QED) is 0.639. The normalized spacial score (nSPS) is 23.4. The van der Waals surface area contributed by atoms with E-state index in [0.29, 0.717) is 12.5 Å². The third-order valence-electron chi connectivity index (χ3n) is 4.89. The highest BCUT2D eigenvalue weighted by Gasteiger charge is 2.33. The lowest BCUT2D eigenvalue weighted by Gasteiger charge is -2.16. The van der Waals surface area contributed by atoms with E-state index in [-0.39, 0.29) is 12.1 Å². The summed E-state index contributed by atoms with van der Waals surface area (Å²) in [6.45, 7) is 3.42. The largest absolute Gasteiger partial charge is 0.460 e. The lowest BCUT2D eigenvalue weighted by molar-refractivity contribution is 0.145. The summed E-state index contributed by atoms with van der Waals surface area (Å²) in [4.78, 5) is 0. The van der Waals surface area contributed by atoms with Crippen molar-refractivity contribution in [2.75, 3.05) is 0 Å². The van der Waals surface area contributed by atoms with E-state index in [2.05, 4.69) is 20.6 Å². The maximum Gasteiger partial charge on any atom is 0.152 e. The van der Waals surface area contributed by atoms with Crippen LogP contribution in [0.25, 0.3) is 11.5 Å². The third-order valence-corrected chi connectivity index (χ3v) is 4.89. The molecule has 1 fully saturated rings. The minimum Gasteiger partial charge on any atom is -0.460 e. The number of furan rings is 1. The average molecular weight is 341 g/mol. The van der Waals surface area contributed by atoms with Crippen molar-refractivity contribution >= 4 is 0 Å². The van der Waals surface area contributed by atoms with E-state index in [1.165, 1.54) is 0 Å². The van der Waals surface area contributed by atoms with Crippen LogP contribution in [0.5, 0.6) is 0 Å². The van der Waals surface area contributed by atoms with Crippen LogP contribution in [0.2, 0.25) is 0 Å². The number of aryl methyl sites for hydroxylation is 1. The molecule has 7 nitrogen and oxygen atoms in total. The Bertz CT molecular complexity index is 807. The summed E-state index contributed by atoms with van der Waals surface area (Å²) < 4.78 is 7.62. The molecule has 25 heavy (non-hydrogen) atoms. The maximum atomic E-state index is 10.4. The second kappa shape index (κ2) is 6.85. The van der Waals surface area contributed by atoms with Crippen molar-refractivity contribution in [3.05, 3.63) is 48.1 Å². The highest BCUT2D eigenvalue weighted by Crippen LogP contribution is 2.28. The van der Waals surface area contributed by atoms with Crippen LogP contribution in [-0.4, -0.2) is 37.2 Å². The van der Waals surface area contributed by atoms with Crippen LogP contribution in [-0.2, 0) is 13.1 Å². The first-order chi connectivity index (χ1) is 12.2. The number of hydrogen-bond acceptors (Lipinski definition) is 5. The van der Waals surface area contributed by atoms with Crippen molar-refractivity contribution in [2.24, 2.45) is 5.92 Å². The average Bonchev–Trinajstić information content (AvgIpc) is 3.34. The van der Waals surface area contributed by atoms with Crippen molar-refractivity contribution in [1.29, 1.82) is 0 Å². The van der Waals surface area contributed by atoms with E-state index in [1.807, 2.05) is 42.2 Å². The van der Waals surface area contributed by atoms with E-state index < -0.39 is 0 Å². The van der Waals surface area contributed by atoms with E-state index in [0.717, 1.165) is 42.2 Å². The molecule has 132 valence electrons. The fraction of sp³-hybridized carbons (Fsp3) is 0.444. The van der Waals surface area contributed by atoms with Crippen LogP contribution in [0.15, 0.2) is 41.2 Å². The van der Waals surface area contributed by atoms with Gasteiger partial charge in [-0.25, -0.2) is 0 Å². The number of nitrogens with zero attached hydrogens (tertiary/aromatic N) is 3. The summed E-state index contributed by atoms with van der Waals surface area (Å²) in [6.07, 6.45) is 6.97. The number of nitrogens with one attached hydrogen (secondary N) is 2. The molecule has 3 atom stereocenters. The predicted molar refractivity (Wildman–Crippen MR) is 92.6 cm³/mol. The Hall–Kier alpha value is -2.38. The highest BCUT2D eigenvalue weighted by atomic mass is 16.3. The first kappa shape index (κ1) is 16.1. The Morgan fingerprint density at radius 2 is 2.32 bits per heavy atom. The Morgan fingerprint density at radius 3 is 3.08 bits per heavy atom. The zero-order chi connectivity index (χ0) is 17.2. The van der Waals surface area contributed by atoms with Crippen LogP contribution in [0.1, 0.15) is 24.2 Å². The van der Waals surface area contributed by atoms with Gasteiger partial charge >= 0.3 is 0 Å². The zero-order valence-electron chi connectivity index (χ0n) is 14.2. The van der Waals surface area contributed by atoms with Gasteiger partial charge in [0.2, 0.25) is 0 Å². The summed E-state index contributed by atoms with van der Waals surface area (Å²) in [5.41, 5.74) is 1.93. The number of aromatic nitrogens is 4. The predicted octanol–water partition coefficient (Wildman–Crippen LogP) is 2.10. The molecule has 0 radical (unpaired) electrons. The Labute approximate surface area is 146 Å². The van der Waals surface area contributed by atoms with Gasteiger partial charge in [0.15, 0.2) is 5.76 Å². The molecule has 0 amide bonds. The molecule has 0 aromatic carbocycles. The van der Waals surface area contributed by atoms with E-state index >= 15 is 0 Å². The van der Waals surface area contributed by atoms with Crippen LogP contribution in [0.3, 0.4) is 0 Å². The second-order valence-corrected chi connectivity index (χ2v) is 6.80. The molecule has 0 aliphatic heterocycles. The molecule has 1 unspecified atom stereocenters. The van der Waals surface area contributed by atoms with E-state index in [1.54, 1.807) is 6.20 Å². The molecule has 0 spiro atoms. The summed E-state index contributed by atoms with van der Waals surface area (Å²) in [7, 11) is 0. The molecule has 1 saturated carbocycles. The van der Waals surface area contributed by atoms with E-state index in [9.17, 15) is 5.11 Å². The molecule has 7 heteroatoms. The molecule has 1 aliphatic rings. The third kappa shape index (κ3) is 3.52. The van der Waals surface area contributed by atoms with Gasteiger partial charge in [-0.3, -0.25) is 9.78 Å². The monoisotopic (exact) mass is 341 g/mol. The van der Waals surface area contributed by atoms with Crippen molar-refractivity contribution in [3.8, 4) is 11.5 Å². The molecular weight excluding hydrogens is 318 g/mol. The Kier molecular flexibility index (Phi) is 4.42. The zero-order valence-corrected chi connectivity index (χ0v) is 14.2. The minimum atomic E-state index is -0.332. The highest BCUT2D eigenvalue weighted by molar-refractivity contribution is 5.56. The molecule has 0 bridgehead atoms. The van der Waals surface area contributed by atoms with Crippen LogP contribution >= 0.6 is 0 Å². The smallest absolute Gasteiger partial charge is 0.152 e. The molecule has 1 aliphatic carbocycles. The maximum absolute atomic E-state index is 10.4. The summed E-state index contributed by atoms with van der Waals surface area (Å²) >= 11 is 0. The summed E-state index contributed by atoms with van der Waals surface area (Å²) in [5, 5.41) is 25.2. The fourth-order valence-corrected chi connectivity index (χ4v) is 3.63. The van der Waals surface area contributed by atoms with Gasteiger partial charge in [-0.1, -0.05) is 0 Å². The van der Waals surface area contributed by atoms with Gasteiger partial charge in [0.25, 0.3) is 0 Å². The Morgan fingerprint density at radius 1 is 1.40 bits per heavy atom. The second-order valence-electron chi connectivity index (χ2n) is 6.80. The fourth-order valence-electron chi connectivity index (χ4n) is 3.63. The number of H-pyrrole nitrogens is 1. The molecule has 0 saturated heterocycles. The lowest BCUT2D eigenvalue weighted by Crippen LogP contribution is -2.35. The van der Waals surface area contributed by atoms with Crippen molar-refractivity contribution < 1.29 is 9.52 Å². The molecule has 3 N–H and O–H groups in total. The summed E-state index contributed by atoms with van der Waals surface area (Å²) in [6, 6.07) is 5.89.